The summed E-state index contributed by atoms with van der Waals surface area (Å²) in [6.07, 6.45) is 3.88. The summed E-state index contributed by atoms with van der Waals surface area (Å²) in [5, 5.41) is 4.80. The molecule has 0 N–H and O–H groups in total. The summed E-state index contributed by atoms with van der Waals surface area (Å²) in [5.74, 6) is 1.44. The molecule has 2 rings (SSSR count). The van der Waals surface area contributed by atoms with Crippen molar-refractivity contribution < 1.29 is 0 Å². The SMILES string of the molecule is CN(N=O)[C@]1(C)[C@H]2CC[C@@H](C2)C1(C)C. The van der Waals surface area contributed by atoms with Gasteiger partial charge in [0, 0.05) is 7.05 Å². The molecule has 0 unspecified atom stereocenters. The molecule has 0 aromatic heterocycles. The van der Waals surface area contributed by atoms with Crippen LogP contribution in [0.25, 0.3) is 0 Å². The number of nitroso groups, excluding NO2 is 1. The quantitative estimate of drug-likeness (QED) is 0.502. The standard InChI is InChI=1S/C11H20N2O/c1-10(2)8-5-6-9(7-8)11(10,3)13(4)12-14/h8-9H,5-7H2,1-4H3/t8-,9-,11+/m0/s1. The lowest BCUT2D eigenvalue weighted by atomic mass is 9.64. The number of hydrogen-bond acceptors (Lipinski definition) is 2. The average molecular weight is 196 g/mol. The number of fused-ring (bicyclic) bond motifs is 2. The maximum Gasteiger partial charge on any atom is 0.0661 e. The van der Waals surface area contributed by atoms with Crippen molar-refractivity contribution >= 4 is 0 Å². The van der Waals surface area contributed by atoms with Gasteiger partial charge in [-0.15, -0.1) is 4.91 Å². The maximum atomic E-state index is 10.7. The van der Waals surface area contributed by atoms with Gasteiger partial charge >= 0.3 is 0 Å². The Hall–Kier alpha value is -0.600. The van der Waals surface area contributed by atoms with Gasteiger partial charge < -0.3 is 0 Å². The first-order valence-corrected chi connectivity index (χ1v) is 5.51. The molecule has 0 saturated heterocycles. The molecule has 0 aromatic carbocycles. The van der Waals surface area contributed by atoms with Crippen LogP contribution in [0.15, 0.2) is 5.29 Å². The Labute approximate surface area is 85.8 Å². The molecule has 0 aromatic rings. The van der Waals surface area contributed by atoms with Gasteiger partial charge in [0.15, 0.2) is 0 Å². The monoisotopic (exact) mass is 196 g/mol. The molecule has 2 aliphatic carbocycles. The molecule has 0 heterocycles. The van der Waals surface area contributed by atoms with Crippen LogP contribution in [0.3, 0.4) is 0 Å². The van der Waals surface area contributed by atoms with E-state index in [2.05, 4.69) is 26.1 Å². The van der Waals surface area contributed by atoms with Gasteiger partial charge in [-0.1, -0.05) is 13.8 Å². The highest BCUT2D eigenvalue weighted by atomic mass is 16.3. The first kappa shape index (κ1) is 9.94. The summed E-state index contributed by atoms with van der Waals surface area (Å²) < 4.78 is 0. The zero-order valence-corrected chi connectivity index (χ0v) is 9.58. The topological polar surface area (TPSA) is 32.7 Å². The highest BCUT2D eigenvalue weighted by Gasteiger charge is 2.62. The van der Waals surface area contributed by atoms with Gasteiger partial charge in [0.25, 0.3) is 0 Å². The second-order valence-corrected chi connectivity index (χ2v) is 5.68. The van der Waals surface area contributed by atoms with Crippen LogP contribution in [-0.4, -0.2) is 17.6 Å². The Morgan fingerprint density at radius 2 is 1.79 bits per heavy atom. The Kier molecular flexibility index (Phi) is 1.92. The second-order valence-electron chi connectivity index (χ2n) is 5.68. The molecule has 0 spiro atoms. The summed E-state index contributed by atoms with van der Waals surface area (Å²) in [4.78, 5) is 10.7. The molecule has 3 heteroatoms. The molecule has 14 heavy (non-hydrogen) atoms. The van der Waals surface area contributed by atoms with E-state index in [0.29, 0.717) is 5.92 Å². The highest BCUT2D eigenvalue weighted by molar-refractivity contribution is 5.13. The molecule has 3 atom stereocenters. The highest BCUT2D eigenvalue weighted by Crippen LogP contribution is 2.63. The number of hydrogen-bond donors (Lipinski definition) is 0. The van der Waals surface area contributed by atoms with E-state index >= 15 is 0 Å². The Balaban J connectivity index is 2.38. The lowest BCUT2D eigenvalue weighted by molar-refractivity contribution is -0.0304. The molecule has 0 aliphatic heterocycles. The van der Waals surface area contributed by atoms with Crippen LogP contribution in [0.1, 0.15) is 40.0 Å². The van der Waals surface area contributed by atoms with E-state index in [1.165, 1.54) is 19.3 Å². The minimum atomic E-state index is -0.0301. The fourth-order valence-corrected chi connectivity index (χ4v) is 3.85. The van der Waals surface area contributed by atoms with Gasteiger partial charge in [-0.2, -0.15) is 0 Å². The van der Waals surface area contributed by atoms with Crippen molar-refractivity contribution in [1.82, 2.24) is 5.01 Å². The van der Waals surface area contributed by atoms with Crippen LogP contribution in [0.2, 0.25) is 0 Å². The molecular weight excluding hydrogens is 176 g/mol. The van der Waals surface area contributed by atoms with Crippen LogP contribution in [0.4, 0.5) is 0 Å². The minimum Gasteiger partial charge on any atom is -0.257 e. The molecule has 0 amide bonds. The molecule has 2 fully saturated rings. The Morgan fingerprint density at radius 3 is 2.21 bits per heavy atom. The Bertz CT molecular complexity index is 264. The van der Waals surface area contributed by atoms with E-state index in [1.54, 1.807) is 5.01 Å². The third-order valence-electron chi connectivity index (χ3n) is 5.35. The predicted molar refractivity (Wildman–Crippen MR) is 56.6 cm³/mol. The van der Waals surface area contributed by atoms with Crippen LogP contribution in [0.5, 0.6) is 0 Å². The second kappa shape index (κ2) is 2.71. The van der Waals surface area contributed by atoms with Gasteiger partial charge in [-0.05, 0) is 43.4 Å². The third-order valence-corrected chi connectivity index (χ3v) is 5.35. The van der Waals surface area contributed by atoms with Crippen molar-refractivity contribution in [3.8, 4) is 0 Å². The molecule has 2 saturated carbocycles. The predicted octanol–water partition coefficient (Wildman–Crippen LogP) is 2.81. The fourth-order valence-electron chi connectivity index (χ4n) is 3.85. The van der Waals surface area contributed by atoms with Crippen LogP contribution in [-0.2, 0) is 0 Å². The summed E-state index contributed by atoms with van der Waals surface area (Å²) >= 11 is 0. The third kappa shape index (κ3) is 0.882. The normalized spacial score (nSPS) is 44.0. The molecular formula is C11H20N2O. The van der Waals surface area contributed by atoms with Crippen molar-refractivity contribution in [2.24, 2.45) is 22.5 Å². The lowest BCUT2D eigenvalue weighted by Gasteiger charge is -2.50. The summed E-state index contributed by atoms with van der Waals surface area (Å²) in [6, 6.07) is 0. The van der Waals surface area contributed by atoms with Gasteiger partial charge in [-0.3, -0.25) is 5.01 Å². The van der Waals surface area contributed by atoms with E-state index < -0.39 is 0 Å². The zero-order valence-electron chi connectivity index (χ0n) is 9.58. The zero-order chi connectivity index (χ0) is 10.6. The van der Waals surface area contributed by atoms with Gasteiger partial charge in [0.1, 0.15) is 0 Å². The number of nitrogens with zero attached hydrogens (tertiary/aromatic N) is 2. The molecule has 2 aliphatic rings. The molecule has 0 radical (unpaired) electrons. The van der Waals surface area contributed by atoms with E-state index in [-0.39, 0.29) is 11.0 Å². The minimum absolute atomic E-state index is 0.0301. The van der Waals surface area contributed by atoms with Gasteiger partial charge in [0.2, 0.25) is 0 Å². The first-order valence-electron chi connectivity index (χ1n) is 5.51. The fraction of sp³-hybridized carbons (Fsp3) is 1.00. The number of rotatable bonds is 2. The van der Waals surface area contributed by atoms with E-state index in [4.69, 9.17) is 0 Å². The Morgan fingerprint density at radius 1 is 1.21 bits per heavy atom. The van der Waals surface area contributed by atoms with Crippen LogP contribution < -0.4 is 0 Å². The smallest absolute Gasteiger partial charge is 0.0661 e. The first-order chi connectivity index (χ1) is 6.44. The largest absolute Gasteiger partial charge is 0.257 e. The van der Waals surface area contributed by atoms with E-state index in [1.807, 2.05) is 7.05 Å². The average Bonchev–Trinajstić information content (AvgIpc) is 2.68. The van der Waals surface area contributed by atoms with Crippen molar-refractivity contribution in [2.45, 2.75) is 45.6 Å². The van der Waals surface area contributed by atoms with Crippen molar-refractivity contribution in [3.05, 3.63) is 4.91 Å². The van der Waals surface area contributed by atoms with E-state index in [9.17, 15) is 4.91 Å². The van der Waals surface area contributed by atoms with Crippen LogP contribution >= 0.6 is 0 Å². The van der Waals surface area contributed by atoms with Crippen LogP contribution in [0, 0.1) is 22.2 Å². The summed E-state index contributed by atoms with van der Waals surface area (Å²) in [5.41, 5.74) is 0.191. The summed E-state index contributed by atoms with van der Waals surface area (Å²) in [7, 11) is 1.83. The lowest BCUT2D eigenvalue weighted by Crippen LogP contribution is -2.55. The maximum absolute atomic E-state index is 10.7. The van der Waals surface area contributed by atoms with Crippen molar-refractivity contribution in [2.75, 3.05) is 7.05 Å². The van der Waals surface area contributed by atoms with Gasteiger partial charge in [0.05, 0.1) is 10.8 Å². The van der Waals surface area contributed by atoms with E-state index in [0.717, 1.165) is 5.92 Å². The molecule has 2 bridgehead atoms. The van der Waals surface area contributed by atoms with Gasteiger partial charge in [-0.25, -0.2) is 0 Å². The molecule has 80 valence electrons. The van der Waals surface area contributed by atoms with Crippen molar-refractivity contribution in [1.29, 1.82) is 0 Å². The summed E-state index contributed by atoms with van der Waals surface area (Å²) in [6.45, 7) is 6.79. The van der Waals surface area contributed by atoms with Crippen molar-refractivity contribution in [3.63, 3.8) is 0 Å². The molecule has 3 nitrogen and oxygen atoms in total.